The fourth-order valence-electron chi connectivity index (χ4n) is 1.32. The van der Waals surface area contributed by atoms with E-state index in [-0.39, 0.29) is 11.3 Å². The molecule has 0 aliphatic carbocycles. The topological polar surface area (TPSA) is 95.7 Å². The zero-order valence-electron chi connectivity index (χ0n) is 10.3. The van der Waals surface area contributed by atoms with E-state index in [1.54, 1.807) is 0 Å². The lowest BCUT2D eigenvalue weighted by molar-refractivity contribution is -0.384. The summed E-state index contributed by atoms with van der Waals surface area (Å²) in [5.41, 5.74) is 0.0790. The molecule has 0 fully saturated rings. The maximum atomic E-state index is 11.5. The van der Waals surface area contributed by atoms with Crippen LogP contribution < -0.4 is 0 Å². The van der Waals surface area contributed by atoms with Crippen LogP contribution in [0.4, 0.5) is 5.69 Å². The third-order valence-electron chi connectivity index (χ3n) is 2.25. The van der Waals surface area contributed by atoms with E-state index in [1.807, 2.05) is 0 Å². The molecule has 0 heterocycles. The molecule has 0 aliphatic rings. The molecule has 0 aliphatic heterocycles. The lowest BCUT2D eigenvalue weighted by Gasteiger charge is -2.03. The Hall–Kier alpha value is -2.70. The Morgan fingerprint density at radius 3 is 2.47 bits per heavy atom. The molecule has 0 unspecified atom stereocenters. The number of nitrogens with zero attached hydrogens (tertiary/aromatic N) is 1. The van der Waals surface area contributed by atoms with Crippen LogP contribution in [-0.4, -0.2) is 31.1 Å². The van der Waals surface area contributed by atoms with Gasteiger partial charge < -0.3 is 9.47 Å². The lowest BCUT2D eigenvalue weighted by atomic mass is 10.1. The summed E-state index contributed by atoms with van der Waals surface area (Å²) in [7, 11) is 2.37. The summed E-state index contributed by atoms with van der Waals surface area (Å²) in [6.07, 6.45) is 2.43. The van der Waals surface area contributed by atoms with Gasteiger partial charge in [-0.3, -0.25) is 10.1 Å². The number of nitro groups is 1. The highest BCUT2D eigenvalue weighted by molar-refractivity contribution is 5.96. The predicted molar refractivity (Wildman–Crippen MR) is 65.5 cm³/mol. The maximum absolute atomic E-state index is 11.5. The van der Waals surface area contributed by atoms with Crippen LogP contribution in [0.15, 0.2) is 24.3 Å². The van der Waals surface area contributed by atoms with Crippen molar-refractivity contribution >= 4 is 23.7 Å². The van der Waals surface area contributed by atoms with Crippen LogP contribution in [0.3, 0.4) is 0 Å². The summed E-state index contributed by atoms with van der Waals surface area (Å²) < 4.78 is 8.94. The van der Waals surface area contributed by atoms with E-state index in [0.717, 1.165) is 19.3 Å². The molecule has 0 bridgehead atoms. The minimum atomic E-state index is -0.729. The van der Waals surface area contributed by atoms with Gasteiger partial charge in [0.2, 0.25) is 0 Å². The van der Waals surface area contributed by atoms with E-state index in [2.05, 4.69) is 9.47 Å². The van der Waals surface area contributed by atoms with Crippen molar-refractivity contribution in [1.82, 2.24) is 0 Å². The molecule has 0 amide bonds. The van der Waals surface area contributed by atoms with Crippen LogP contribution in [0.5, 0.6) is 0 Å². The first-order valence-electron chi connectivity index (χ1n) is 5.12. The van der Waals surface area contributed by atoms with Crippen molar-refractivity contribution in [1.29, 1.82) is 0 Å². The largest absolute Gasteiger partial charge is 0.466 e. The summed E-state index contributed by atoms with van der Waals surface area (Å²) in [6.45, 7) is 0. The normalized spacial score (nSPS) is 10.2. The maximum Gasteiger partial charge on any atom is 0.338 e. The Kier molecular flexibility index (Phi) is 4.76. The van der Waals surface area contributed by atoms with Gasteiger partial charge in [-0.15, -0.1) is 0 Å². The average molecular weight is 265 g/mol. The first-order chi connectivity index (χ1) is 8.99. The number of ether oxygens (including phenoxy) is 2. The molecular formula is C12H11NO6. The van der Waals surface area contributed by atoms with Crippen LogP contribution in [-0.2, 0) is 14.3 Å². The minimum Gasteiger partial charge on any atom is -0.466 e. The first kappa shape index (κ1) is 14.4. The number of methoxy groups -OCH3 is 2. The Morgan fingerprint density at radius 2 is 1.95 bits per heavy atom. The third kappa shape index (κ3) is 3.63. The van der Waals surface area contributed by atoms with E-state index in [1.165, 1.54) is 25.3 Å². The highest BCUT2D eigenvalue weighted by Crippen LogP contribution is 2.20. The molecule has 7 heteroatoms. The van der Waals surface area contributed by atoms with E-state index < -0.39 is 16.9 Å². The van der Waals surface area contributed by atoms with Gasteiger partial charge in [0.05, 0.1) is 24.7 Å². The second-order valence-electron chi connectivity index (χ2n) is 3.38. The van der Waals surface area contributed by atoms with Gasteiger partial charge in [0.1, 0.15) is 0 Å². The molecule has 19 heavy (non-hydrogen) atoms. The van der Waals surface area contributed by atoms with Gasteiger partial charge in [-0.05, 0) is 17.7 Å². The predicted octanol–water partition coefficient (Wildman–Crippen LogP) is 1.57. The Morgan fingerprint density at radius 1 is 1.26 bits per heavy atom. The van der Waals surface area contributed by atoms with E-state index in [4.69, 9.17) is 0 Å². The number of nitro benzene ring substituents is 1. The molecule has 0 aromatic heterocycles. The van der Waals surface area contributed by atoms with Crippen molar-refractivity contribution in [2.75, 3.05) is 14.2 Å². The fourth-order valence-corrected chi connectivity index (χ4v) is 1.32. The number of carbonyl (C=O) groups excluding carboxylic acids is 2. The quantitative estimate of drug-likeness (QED) is 0.355. The van der Waals surface area contributed by atoms with Gasteiger partial charge in [0.25, 0.3) is 5.69 Å². The van der Waals surface area contributed by atoms with Crippen molar-refractivity contribution in [3.8, 4) is 0 Å². The molecule has 1 rings (SSSR count). The van der Waals surface area contributed by atoms with Crippen LogP contribution in [0.2, 0.25) is 0 Å². The summed E-state index contributed by atoms with van der Waals surface area (Å²) in [5, 5.41) is 10.6. The van der Waals surface area contributed by atoms with Gasteiger partial charge in [0, 0.05) is 18.2 Å². The van der Waals surface area contributed by atoms with Crippen LogP contribution in [0, 0.1) is 10.1 Å². The molecule has 0 radical (unpaired) electrons. The third-order valence-corrected chi connectivity index (χ3v) is 2.25. The molecule has 0 spiro atoms. The molecule has 0 N–H and O–H groups in total. The van der Waals surface area contributed by atoms with Gasteiger partial charge in [-0.25, -0.2) is 9.59 Å². The number of carbonyl (C=O) groups is 2. The van der Waals surface area contributed by atoms with E-state index in [0.29, 0.717) is 5.56 Å². The zero-order valence-corrected chi connectivity index (χ0v) is 10.3. The second kappa shape index (κ2) is 6.29. The second-order valence-corrected chi connectivity index (χ2v) is 3.38. The molecule has 0 saturated heterocycles. The number of hydrogen-bond acceptors (Lipinski definition) is 6. The van der Waals surface area contributed by atoms with Gasteiger partial charge >= 0.3 is 11.9 Å². The number of non-ortho nitro benzene ring substituents is 1. The summed E-state index contributed by atoms with van der Waals surface area (Å²) in [4.78, 5) is 32.5. The van der Waals surface area contributed by atoms with E-state index in [9.17, 15) is 19.7 Å². The number of hydrogen-bond donors (Lipinski definition) is 0. The van der Waals surface area contributed by atoms with Crippen molar-refractivity contribution in [2.24, 2.45) is 0 Å². The average Bonchev–Trinajstić information content (AvgIpc) is 2.43. The summed E-state index contributed by atoms with van der Waals surface area (Å²) >= 11 is 0. The highest BCUT2D eigenvalue weighted by atomic mass is 16.6. The van der Waals surface area contributed by atoms with Gasteiger partial charge in [-0.1, -0.05) is 0 Å². The SMILES string of the molecule is COC(=O)C=Cc1ccc([N+](=O)[O-])cc1C(=O)OC. The molecule has 100 valence electrons. The van der Waals surface area contributed by atoms with Crippen LogP contribution >= 0.6 is 0 Å². The fraction of sp³-hybridized carbons (Fsp3) is 0.167. The highest BCUT2D eigenvalue weighted by Gasteiger charge is 2.15. The number of rotatable bonds is 4. The van der Waals surface area contributed by atoms with Gasteiger partial charge in [-0.2, -0.15) is 0 Å². The van der Waals surface area contributed by atoms with Crippen molar-refractivity contribution < 1.29 is 24.0 Å². The minimum absolute atomic E-state index is 0.00291. The van der Waals surface area contributed by atoms with Crippen molar-refractivity contribution in [2.45, 2.75) is 0 Å². The smallest absolute Gasteiger partial charge is 0.338 e. The molecule has 0 atom stereocenters. The van der Waals surface area contributed by atoms with Crippen LogP contribution in [0.25, 0.3) is 6.08 Å². The van der Waals surface area contributed by atoms with Crippen LogP contribution in [0.1, 0.15) is 15.9 Å². The zero-order chi connectivity index (χ0) is 14.4. The molecule has 1 aromatic carbocycles. The lowest BCUT2D eigenvalue weighted by Crippen LogP contribution is -2.05. The summed E-state index contributed by atoms with van der Waals surface area (Å²) in [6, 6.07) is 3.66. The first-order valence-corrected chi connectivity index (χ1v) is 5.12. The molecule has 7 nitrogen and oxygen atoms in total. The number of esters is 2. The molecule has 1 aromatic rings. The Bertz CT molecular complexity index is 549. The number of benzene rings is 1. The van der Waals surface area contributed by atoms with Crippen molar-refractivity contribution in [3.63, 3.8) is 0 Å². The van der Waals surface area contributed by atoms with Crippen molar-refractivity contribution in [3.05, 3.63) is 45.5 Å². The summed E-state index contributed by atoms with van der Waals surface area (Å²) in [5.74, 6) is -1.33. The molecular weight excluding hydrogens is 254 g/mol. The van der Waals surface area contributed by atoms with E-state index >= 15 is 0 Å². The van der Waals surface area contributed by atoms with Gasteiger partial charge in [0.15, 0.2) is 0 Å². The monoisotopic (exact) mass is 265 g/mol. The Labute approximate surface area is 108 Å². The standard InChI is InChI=1S/C12H11NO6/c1-18-11(14)6-4-8-3-5-9(13(16)17)7-10(8)12(15)19-2/h3-7H,1-2H3. The Balaban J connectivity index is 3.23. The molecule has 0 saturated carbocycles.